The van der Waals surface area contributed by atoms with Crippen LogP contribution in [0.25, 0.3) is 0 Å². The normalized spacial score (nSPS) is 15.4. The fourth-order valence-electron chi connectivity index (χ4n) is 1.65. The van der Waals surface area contributed by atoms with Crippen LogP contribution in [0.15, 0.2) is 6.33 Å². The molecule has 0 unspecified atom stereocenters. The van der Waals surface area contributed by atoms with Crippen LogP contribution in [0.2, 0.25) is 0 Å². The zero-order valence-corrected chi connectivity index (χ0v) is 9.89. The van der Waals surface area contributed by atoms with E-state index in [9.17, 15) is 9.59 Å². The summed E-state index contributed by atoms with van der Waals surface area (Å²) in [6, 6.07) is 0. The maximum Gasteiger partial charge on any atom is 0.288 e. The number of carbonyl (C=O) groups excluding carboxylic acids is 2. The first kappa shape index (κ1) is 12.5. The van der Waals surface area contributed by atoms with Gasteiger partial charge in [0.1, 0.15) is 6.33 Å². The van der Waals surface area contributed by atoms with Crippen LogP contribution in [0, 0.1) is 0 Å². The van der Waals surface area contributed by atoms with Gasteiger partial charge in [-0.3, -0.25) is 14.7 Å². The van der Waals surface area contributed by atoms with Gasteiger partial charge in [0.05, 0.1) is 13.2 Å². The van der Waals surface area contributed by atoms with Crippen LogP contribution < -0.4 is 5.32 Å². The van der Waals surface area contributed by atoms with E-state index in [0.717, 1.165) is 0 Å². The molecule has 8 heteroatoms. The lowest BCUT2D eigenvalue weighted by molar-refractivity contribution is -0.135. The summed E-state index contributed by atoms with van der Waals surface area (Å²) in [6.45, 7) is 2.69. The molecule has 98 valence electrons. The number of H-pyrrole nitrogens is 1. The van der Waals surface area contributed by atoms with E-state index in [4.69, 9.17) is 4.74 Å². The molecule has 18 heavy (non-hydrogen) atoms. The maximum absolute atomic E-state index is 11.7. The summed E-state index contributed by atoms with van der Waals surface area (Å²) in [4.78, 5) is 28.7. The van der Waals surface area contributed by atoms with Gasteiger partial charge >= 0.3 is 0 Å². The molecule has 8 nitrogen and oxygen atoms in total. The second-order valence-electron chi connectivity index (χ2n) is 3.83. The fourth-order valence-corrected chi connectivity index (χ4v) is 1.65. The molecule has 1 aromatic heterocycles. The second kappa shape index (κ2) is 6.10. The molecule has 2 rings (SSSR count). The summed E-state index contributed by atoms with van der Waals surface area (Å²) in [5, 5.41) is 8.63. The van der Waals surface area contributed by atoms with Gasteiger partial charge in [-0.25, -0.2) is 4.98 Å². The number of aromatic amines is 1. The predicted octanol–water partition coefficient (Wildman–Crippen LogP) is -1.22. The van der Waals surface area contributed by atoms with Crippen LogP contribution in [0.1, 0.15) is 17.0 Å². The minimum atomic E-state index is -0.359. The molecule has 0 saturated carbocycles. The number of nitrogens with one attached hydrogen (secondary N) is 2. The molecule has 0 aromatic carbocycles. The highest BCUT2D eigenvalue weighted by molar-refractivity contribution is 5.90. The van der Waals surface area contributed by atoms with Crippen molar-refractivity contribution in [1.82, 2.24) is 25.4 Å². The molecule has 1 fully saturated rings. The monoisotopic (exact) mass is 253 g/mol. The highest BCUT2D eigenvalue weighted by Gasteiger charge is 2.16. The minimum Gasteiger partial charge on any atom is -0.378 e. The third-order valence-electron chi connectivity index (χ3n) is 2.62. The van der Waals surface area contributed by atoms with E-state index in [1.54, 1.807) is 4.90 Å². The van der Waals surface area contributed by atoms with Crippen LogP contribution in [0.3, 0.4) is 0 Å². The molecule has 0 atom stereocenters. The number of ether oxygens (including phenoxy) is 1. The second-order valence-corrected chi connectivity index (χ2v) is 3.83. The predicted molar refractivity (Wildman–Crippen MR) is 60.7 cm³/mol. The molecule has 0 radical (unpaired) electrons. The highest BCUT2D eigenvalue weighted by atomic mass is 16.5. The number of rotatable bonds is 4. The summed E-state index contributed by atoms with van der Waals surface area (Å²) >= 11 is 0. The maximum atomic E-state index is 11.7. The molecule has 0 bridgehead atoms. The number of hydrogen-bond donors (Lipinski definition) is 2. The van der Waals surface area contributed by atoms with Crippen LogP contribution >= 0.6 is 0 Å². The third kappa shape index (κ3) is 3.27. The van der Waals surface area contributed by atoms with Gasteiger partial charge in [0.25, 0.3) is 5.91 Å². The first-order valence-electron chi connectivity index (χ1n) is 5.76. The quantitative estimate of drug-likeness (QED) is 0.700. The number of aromatic nitrogens is 3. The van der Waals surface area contributed by atoms with E-state index in [0.29, 0.717) is 26.3 Å². The average Bonchev–Trinajstić information content (AvgIpc) is 2.93. The molecule has 2 N–H and O–H groups in total. The first-order chi connectivity index (χ1) is 8.77. The fraction of sp³-hybridized carbons (Fsp3) is 0.600. The summed E-state index contributed by atoms with van der Waals surface area (Å²) < 4.78 is 5.16. The summed E-state index contributed by atoms with van der Waals surface area (Å²) in [7, 11) is 0. The van der Waals surface area contributed by atoms with Crippen molar-refractivity contribution in [2.24, 2.45) is 0 Å². The molecule has 2 heterocycles. The van der Waals surface area contributed by atoms with Crippen molar-refractivity contribution >= 4 is 11.8 Å². The van der Waals surface area contributed by atoms with E-state index in [1.165, 1.54) is 6.33 Å². The zero-order valence-electron chi connectivity index (χ0n) is 9.89. The van der Waals surface area contributed by atoms with E-state index in [-0.39, 0.29) is 30.6 Å². The largest absolute Gasteiger partial charge is 0.378 e. The number of nitrogens with zero attached hydrogens (tertiary/aromatic N) is 3. The summed E-state index contributed by atoms with van der Waals surface area (Å²) in [6.07, 6.45) is 1.54. The molecule has 0 spiro atoms. The van der Waals surface area contributed by atoms with Crippen LogP contribution in [-0.2, 0) is 9.53 Å². The van der Waals surface area contributed by atoms with Crippen molar-refractivity contribution < 1.29 is 14.3 Å². The van der Waals surface area contributed by atoms with E-state index >= 15 is 0 Å². The Hall–Kier alpha value is -1.96. The van der Waals surface area contributed by atoms with Gasteiger partial charge in [-0.05, 0) is 0 Å². The summed E-state index contributed by atoms with van der Waals surface area (Å²) in [5.74, 6) is -0.188. The molecule has 1 aliphatic heterocycles. The molecular formula is C10H15N5O3. The smallest absolute Gasteiger partial charge is 0.288 e. The number of morpholine rings is 1. The minimum absolute atomic E-state index is 0.0242. The molecule has 1 aromatic rings. The van der Waals surface area contributed by atoms with Gasteiger partial charge in [0.2, 0.25) is 11.7 Å². The van der Waals surface area contributed by atoms with Crippen LogP contribution in [-0.4, -0.2) is 64.7 Å². The lowest BCUT2D eigenvalue weighted by atomic mass is 10.3. The highest BCUT2D eigenvalue weighted by Crippen LogP contribution is 1.99. The average molecular weight is 253 g/mol. The Morgan fingerprint density at radius 2 is 2.22 bits per heavy atom. The number of hydrogen-bond acceptors (Lipinski definition) is 5. The van der Waals surface area contributed by atoms with Crippen molar-refractivity contribution in [3.05, 3.63) is 12.2 Å². The zero-order chi connectivity index (χ0) is 12.8. The van der Waals surface area contributed by atoms with Crippen LogP contribution in [0.5, 0.6) is 0 Å². The Kier molecular flexibility index (Phi) is 4.24. The SMILES string of the molecule is O=C(NCCC(=O)N1CCOCC1)c1ncn[nH]1. The first-order valence-corrected chi connectivity index (χ1v) is 5.76. The van der Waals surface area contributed by atoms with E-state index in [2.05, 4.69) is 20.5 Å². The Bertz CT molecular complexity index is 400. The lowest BCUT2D eigenvalue weighted by Gasteiger charge is -2.26. The topological polar surface area (TPSA) is 100 Å². The molecule has 1 aliphatic rings. The van der Waals surface area contributed by atoms with Gasteiger partial charge in [0, 0.05) is 26.1 Å². The Balaban J connectivity index is 1.68. The molecule has 2 amide bonds. The van der Waals surface area contributed by atoms with Gasteiger partial charge in [-0.1, -0.05) is 0 Å². The van der Waals surface area contributed by atoms with Gasteiger partial charge in [0.15, 0.2) is 0 Å². The van der Waals surface area contributed by atoms with E-state index < -0.39 is 0 Å². The van der Waals surface area contributed by atoms with Crippen molar-refractivity contribution in [1.29, 1.82) is 0 Å². The third-order valence-corrected chi connectivity index (χ3v) is 2.62. The van der Waals surface area contributed by atoms with Crippen molar-refractivity contribution in [3.8, 4) is 0 Å². The number of carbonyl (C=O) groups is 2. The standard InChI is InChI=1S/C10H15N5O3/c16-8(15-3-5-18-6-4-15)1-2-11-10(17)9-12-7-13-14-9/h7H,1-6H2,(H,11,17)(H,12,13,14). The molecular weight excluding hydrogens is 238 g/mol. The number of amides is 2. The Labute approximate surface area is 104 Å². The van der Waals surface area contributed by atoms with Gasteiger partial charge < -0.3 is 15.0 Å². The van der Waals surface area contributed by atoms with Crippen LogP contribution in [0.4, 0.5) is 0 Å². The van der Waals surface area contributed by atoms with Crippen molar-refractivity contribution in [2.45, 2.75) is 6.42 Å². The molecule has 0 aliphatic carbocycles. The Morgan fingerprint density at radius 3 is 2.89 bits per heavy atom. The van der Waals surface area contributed by atoms with Crippen molar-refractivity contribution in [2.75, 3.05) is 32.8 Å². The van der Waals surface area contributed by atoms with Gasteiger partial charge in [-0.15, -0.1) is 0 Å². The summed E-state index contributed by atoms with van der Waals surface area (Å²) in [5.41, 5.74) is 0. The van der Waals surface area contributed by atoms with Gasteiger partial charge in [-0.2, -0.15) is 5.10 Å². The molecule has 1 saturated heterocycles. The Morgan fingerprint density at radius 1 is 1.44 bits per heavy atom. The lowest BCUT2D eigenvalue weighted by Crippen LogP contribution is -2.42. The van der Waals surface area contributed by atoms with Crippen molar-refractivity contribution in [3.63, 3.8) is 0 Å². The van der Waals surface area contributed by atoms with E-state index in [1.807, 2.05) is 0 Å².